The molecule has 27 heavy (non-hydrogen) atoms. The molecule has 0 bridgehead atoms. The molecule has 0 radical (unpaired) electrons. The van der Waals surface area contributed by atoms with Crippen molar-refractivity contribution in [3.63, 3.8) is 0 Å². The van der Waals surface area contributed by atoms with Gasteiger partial charge in [-0.15, -0.1) is 0 Å². The second kappa shape index (κ2) is 7.03. The quantitative estimate of drug-likeness (QED) is 0.747. The summed E-state index contributed by atoms with van der Waals surface area (Å²) in [5.41, 5.74) is 2.38. The first-order chi connectivity index (χ1) is 13.1. The molecule has 0 saturated carbocycles. The van der Waals surface area contributed by atoms with Gasteiger partial charge in [0.1, 0.15) is 18.2 Å². The van der Waals surface area contributed by atoms with Gasteiger partial charge in [-0.25, -0.2) is 9.07 Å². The number of aromatic nitrogens is 3. The summed E-state index contributed by atoms with van der Waals surface area (Å²) < 4.78 is 16.1. The Morgan fingerprint density at radius 1 is 1.19 bits per heavy atom. The van der Waals surface area contributed by atoms with Crippen LogP contribution in [0.15, 0.2) is 72.2 Å². The second-order valence-electron chi connectivity index (χ2n) is 6.28. The van der Waals surface area contributed by atoms with Crippen molar-refractivity contribution in [2.75, 3.05) is 5.32 Å². The number of nitrogens with zero attached hydrogens (tertiary/aromatic N) is 3. The van der Waals surface area contributed by atoms with Crippen molar-refractivity contribution in [1.82, 2.24) is 20.1 Å². The van der Waals surface area contributed by atoms with Gasteiger partial charge in [-0.3, -0.25) is 4.79 Å². The topological polar surface area (TPSA) is 71.8 Å². The van der Waals surface area contributed by atoms with Crippen LogP contribution < -0.4 is 10.6 Å². The van der Waals surface area contributed by atoms with Crippen LogP contribution in [-0.2, 0) is 11.3 Å². The van der Waals surface area contributed by atoms with E-state index in [0.717, 1.165) is 5.56 Å². The first kappa shape index (κ1) is 17.0. The highest BCUT2D eigenvalue weighted by atomic mass is 19.1. The number of anilines is 1. The second-order valence-corrected chi connectivity index (χ2v) is 6.28. The van der Waals surface area contributed by atoms with E-state index in [4.69, 9.17) is 0 Å². The van der Waals surface area contributed by atoms with Crippen LogP contribution in [0.3, 0.4) is 0 Å². The maximum absolute atomic E-state index is 14.6. The zero-order chi connectivity index (χ0) is 18.8. The lowest BCUT2D eigenvalue weighted by Gasteiger charge is -2.29. The number of hydrogen-bond donors (Lipinski definition) is 2. The molecular formula is C20H18FN5O. The van der Waals surface area contributed by atoms with Crippen LogP contribution in [0.25, 0.3) is 0 Å². The average Bonchev–Trinajstić information content (AvgIpc) is 3.14. The number of benzene rings is 2. The van der Waals surface area contributed by atoms with E-state index in [1.54, 1.807) is 25.1 Å². The maximum atomic E-state index is 14.6. The largest absolute Gasteiger partial charge is 0.348 e. The summed E-state index contributed by atoms with van der Waals surface area (Å²) in [5, 5.41) is 10.2. The summed E-state index contributed by atoms with van der Waals surface area (Å²) in [7, 11) is 0. The first-order valence-corrected chi connectivity index (χ1v) is 8.59. The molecule has 6 nitrogen and oxygen atoms in total. The van der Waals surface area contributed by atoms with Crippen molar-refractivity contribution in [2.24, 2.45) is 0 Å². The molecule has 1 atom stereocenters. The van der Waals surface area contributed by atoms with Gasteiger partial charge in [-0.05, 0) is 18.6 Å². The van der Waals surface area contributed by atoms with Crippen molar-refractivity contribution in [3.8, 4) is 0 Å². The summed E-state index contributed by atoms with van der Waals surface area (Å²) in [6, 6.07) is 15.3. The van der Waals surface area contributed by atoms with E-state index in [1.807, 2.05) is 30.3 Å². The number of rotatable bonds is 4. The molecule has 4 rings (SSSR count). The van der Waals surface area contributed by atoms with Gasteiger partial charge in [0, 0.05) is 17.8 Å². The molecule has 0 unspecified atom stereocenters. The third kappa shape index (κ3) is 3.19. The van der Waals surface area contributed by atoms with E-state index < -0.39 is 11.9 Å². The number of halogens is 1. The van der Waals surface area contributed by atoms with E-state index in [0.29, 0.717) is 29.3 Å². The Labute approximate surface area is 155 Å². The number of allylic oxidation sites excluding steroid dienone is 1. The van der Waals surface area contributed by atoms with Gasteiger partial charge in [0.2, 0.25) is 5.95 Å². The van der Waals surface area contributed by atoms with Gasteiger partial charge < -0.3 is 10.6 Å². The molecule has 0 aliphatic carbocycles. The van der Waals surface area contributed by atoms with E-state index in [9.17, 15) is 9.18 Å². The molecular weight excluding hydrogens is 345 g/mol. The fourth-order valence-corrected chi connectivity index (χ4v) is 3.24. The lowest BCUT2D eigenvalue weighted by Crippen LogP contribution is -2.35. The predicted octanol–water partition coefficient (Wildman–Crippen LogP) is 3.02. The fraction of sp³-hybridized carbons (Fsp3) is 0.150. The minimum atomic E-state index is -0.694. The van der Waals surface area contributed by atoms with Crippen LogP contribution in [0.2, 0.25) is 0 Å². The molecule has 2 N–H and O–H groups in total. The van der Waals surface area contributed by atoms with E-state index in [-0.39, 0.29) is 5.91 Å². The van der Waals surface area contributed by atoms with Gasteiger partial charge in [0.05, 0.1) is 5.57 Å². The molecule has 1 aromatic heterocycles. The molecule has 3 aromatic rings. The van der Waals surface area contributed by atoms with Crippen molar-refractivity contribution in [3.05, 3.63) is 89.1 Å². The first-order valence-electron chi connectivity index (χ1n) is 8.59. The number of fused-ring (bicyclic) bond motifs is 1. The molecule has 0 saturated heterocycles. The van der Waals surface area contributed by atoms with Gasteiger partial charge in [-0.2, -0.15) is 10.1 Å². The normalized spacial score (nSPS) is 15.9. The Kier molecular flexibility index (Phi) is 4.42. The van der Waals surface area contributed by atoms with Crippen molar-refractivity contribution in [1.29, 1.82) is 0 Å². The van der Waals surface area contributed by atoms with Crippen LogP contribution in [-0.4, -0.2) is 20.7 Å². The number of amides is 1. The average molecular weight is 363 g/mol. The van der Waals surface area contributed by atoms with Crippen molar-refractivity contribution >= 4 is 11.9 Å². The smallest absolute Gasteiger partial charge is 0.251 e. The third-order valence-electron chi connectivity index (χ3n) is 4.53. The highest BCUT2D eigenvalue weighted by Gasteiger charge is 2.34. The Morgan fingerprint density at radius 2 is 1.93 bits per heavy atom. The number of hydrogen-bond acceptors (Lipinski definition) is 4. The maximum Gasteiger partial charge on any atom is 0.251 e. The van der Waals surface area contributed by atoms with Crippen LogP contribution in [0.4, 0.5) is 10.3 Å². The number of nitrogens with one attached hydrogen (secondary N) is 2. The van der Waals surface area contributed by atoms with Crippen LogP contribution in [0.5, 0.6) is 0 Å². The van der Waals surface area contributed by atoms with Gasteiger partial charge in [0.25, 0.3) is 5.91 Å². The summed E-state index contributed by atoms with van der Waals surface area (Å²) in [6.45, 7) is 2.16. The SMILES string of the molecule is CC1=C(C(=O)NCc2ccccc2)[C@@H](c2ccccc2F)n2ncnc2N1. The molecule has 0 spiro atoms. The molecule has 2 aromatic carbocycles. The molecule has 1 aliphatic heterocycles. The van der Waals surface area contributed by atoms with Gasteiger partial charge in [-0.1, -0.05) is 48.5 Å². The van der Waals surface area contributed by atoms with Crippen LogP contribution in [0, 0.1) is 5.82 Å². The predicted molar refractivity (Wildman–Crippen MR) is 99.2 cm³/mol. The lowest BCUT2D eigenvalue weighted by atomic mass is 9.94. The monoisotopic (exact) mass is 363 g/mol. The third-order valence-corrected chi connectivity index (χ3v) is 4.53. The Bertz CT molecular complexity index is 1010. The van der Waals surface area contributed by atoms with E-state index in [1.165, 1.54) is 17.1 Å². The molecule has 136 valence electrons. The fourth-order valence-electron chi connectivity index (χ4n) is 3.24. The molecule has 0 fully saturated rings. The highest BCUT2D eigenvalue weighted by molar-refractivity contribution is 5.96. The molecule has 7 heteroatoms. The summed E-state index contributed by atoms with van der Waals surface area (Å²) in [6.07, 6.45) is 1.38. The summed E-state index contributed by atoms with van der Waals surface area (Å²) >= 11 is 0. The Hall–Kier alpha value is -3.48. The number of carbonyl (C=O) groups excluding carboxylic acids is 1. The van der Waals surface area contributed by atoms with Crippen LogP contribution >= 0.6 is 0 Å². The lowest BCUT2D eigenvalue weighted by molar-refractivity contribution is -0.118. The van der Waals surface area contributed by atoms with E-state index in [2.05, 4.69) is 20.7 Å². The Morgan fingerprint density at radius 3 is 2.70 bits per heavy atom. The van der Waals surface area contributed by atoms with Crippen molar-refractivity contribution < 1.29 is 9.18 Å². The minimum Gasteiger partial charge on any atom is -0.348 e. The zero-order valence-corrected chi connectivity index (χ0v) is 14.7. The summed E-state index contributed by atoms with van der Waals surface area (Å²) in [4.78, 5) is 17.2. The van der Waals surface area contributed by atoms with Crippen molar-refractivity contribution in [2.45, 2.75) is 19.5 Å². The number of carbonyl (C=O) groups is 1. The zero-order valence-electron chi connectivity index (χ0n) is 14.7. The summed E-state index contributed by atoms with van der Waals surface area (Å²) in [5.74, 6) is -0.203. The van der Waals surface area contributed by atoms with Crippen LogP contribution in [0.1, 0.15) is 24.1 Å². The van der Waals surface area contributed by atoms with E-state index >= 15 is 0 Å². The minimum absolute atomic E-state index is 0.279. The molecule has 1 amide bonds. The Balaban J connectivity index is 1.70. The molecule has 1 aliphatic rings. The molecule has 2 heterocycles. The standard InChI is InChI=1S/C20H18FN5O/c1-13-17(19(27)22-11-14-7-3-2-4-8-14)18(15-9-5-6-10-16(15)21)26-20(25-13)23-12-24-26/h2-10,12,18H,11H2,1H3,(H,22,27)(H,23,24,25)/t18-/m1/s1. The van der Waals surface area contributed by atoms with Gasteiger partial charge >= 0.3 is 0 Å². The highest BCUT2D eigenvalue weighted by Crippen LogP contribution is 2.35. The van der Waals surface area contributed by atoms with Gasteiger partial charge in [0.15, 0.2) is 0 Å².